The number of nitrogens with one attached hydrogen (secondary N) is 2. The molecule has 6 nitrogen and oxygen atoms in total. The Morgan fingerprint density at radius 1 is 1.11 bits per heavy atom. The van der Waals surface area contributed by atoms with Crippen LogP contribution >= 0.6 is 0 Å². The maximum atomic E-state index is 12.8. The SMILES string of the molecule is CCOc1ccc(S(=O)(=O)N[C@H](C)CCc2ccccc2)cc1NC(=O)CC. The lowest BCUT2D eigenvalue weighted by Crippen LogP contribution is -2.33. The lowest BCUT2D eigenvalue weighted by atomic mass is 10.1. The number of carbonyl (C=O) groups excluding carboxylic acids is 1. The second-order valence-electron chi connectivity index (χ2n) is 6.54. The van der Waals surface area contributed by atoms with Crippen molar-refractivity contribution >= 4 is 21.6 Å². The zero-order chi connectivity index (χ0) is 20.6. The molecular weight excluding hydrogens is 376 g/mol. The first-order chi connectivity index (χ1) is 13.4. The van der Waals surface area contributed by atoms with Crippen LogP contribution in [0.1, 0.15) is 39.2 Å². The minimum atomic E-state index is -3.72. The van der Waals surface area contributed by atoms with Crippen LogP contribution in [-0.4, -0.2) is 27.0 Å². The molecule has 2 aromatic rings. The Morgan fingerprint density at radius 2 is 1.82 bits per heavy atom. The van der Waals surface area contributed by atoms with Gasteiger partial charge in [0.15, 0.2) is 0 Å². The first-order valence-electron chi connectivity index (χ1n) is 9.48. The van der Waals surface area contributed by atoms with Gasteiger partial charge >= 0.3 is 0 Å². The Kier molecular flexibility index (Phi) is 8.02. The van der Waals surface area contributed by atoms with E-state index < -0.39 is 10.0 Å². The lowest BCUT2D eigenvalue weighted by molar-refractivity contribution is -0.115. The van der Waals surface area contributed by atoms with Crippen LogP contribution in [0, 0.1) is 0 Å². The van der Waals surface area contributed by atoms with E-state index in [2.05, 4.69) is 10.0 Å². The Labute approximate surface area is 167 Å². The highest BCUT2D eigenvalue weighted by Gasteiger charge is 2.20. The summed E-state index contributed by atoms with van der Waals surface area (Å²) in [4.78, 5) is 11.9. The van der Waals surface area contributed by atoms with Gasteiger partial charge in [0.25, 0.3) is 0 Å². The Bertz CT molecular complexity index is 883. The van der Waals surface area contributed by atoms with Gasteiger partial charge in [-0.2, -0.15) is 0 Å². The molecular formula is C21H28N2O4S. The van der Waals surface area contributed by atoms with Crippen LogP contribution in [0.25, 0.3) is 0 Å². The topological polar surface area (TPSA) is 84.5 Å². The molecule has 0 aliphatic heterocycles. The number of benzene rings is 2. The summed E-state index contributed by atoms with van der Waals surface area (Å²) in [5.74, 6) is 0.236. The molecule has 0 radical (unpaired) electrons. The first kappa shape index (κ1) is 21.9. The fourth-order valence-corrected chi connectivity index (χ4v) is 4.02. The number of anilines is 1. The molecule has 1 amide bonds. The summed E-state index contributed by atoms with van der Waals surface area (Å²) >= 11 is 0. The molecule has 2 rings (SSSR count). The second kappa shape index (κ2) is 10.2. The average Bonchev–Trinajstić information content (AvgIpc) is 2.68. The molecule has 0 saturated heterocycles. The van der Waals surface area contributed by atoms with Gasteiger partial charge in [0.1, 0.15) is 5.75 Å². The van der Waals surface area contributed by atoms with Crippen molar-refractivity contribution in [3.8, 4) is 5.75 Å². The molecule has 0 unspecified atom stereocenters. The molecule has 0 bridgehead atoms. The summed E-state index contributed by atoms with van der Waals surface area (Å²) in [5, 5.41) is 2.70. The standard InChI is InChI=1S/C21H28N2O4S/c1-4-21(24)22-19-15-18(13-14-20(19)27-5-2)28(25,26)23-16(3)11-12-17-9-7-6-8-10-17/h6-10,13-16,23H,4-5,11-12H2,1-3H3,(H,22,24)/t16-/m1/s1. The molecule has 2 aromatic carbocycles. The number of aryl methyl sites for hydroxylation is 1. The number of sulfonamides is 1. The molecule has 1 atom stereocenters. The van der Waals surface area contributed by atoms with E-state index in [0.717, 1.165) is 6.42 Å². The van der Waals surface area contributed by atoms with Crippen molar-refractivity contribution in [1.82, 2.24) is 4.72 Å². The van der Waals surface area contributed by atoms with Crippen LogP contribution < -0.4 is 14.8 Å². The van der Waals surface area contributed by atoms with Crippen LogP contribution in [0.4, 0.5) is 5.69 Å². The third-order valence-corrected chi connectivity index (χ3v) is 5.81. The predicted molar refractivity (Wildman–Crippen MR) is 111 cm³/mol. The Balaban J connectivity index is 2.12. The van der Waals surface area contributed by atoms with Crippen molar-refractivity contribution in [3.05, 3.63) is 54.1 Å². The summed E-state index contributed by atoms with van der Waals surface area (Å²) in [6, 6.07) is 14.2. The average molecular weight is 405 g/mol. The van der Waals surface area contributed by atoms with Crippen LogP contribution in [0.3, 0.4) is 0 Å². The van der Waals surface area contributed by atoms with E-state index in [9.17, 15) is 13.2 Å². The molecule has 0 heterocycles. The molecule has 28 heavy (non-hydrogen) atoms. The first-order valence-corrected chi connectivity index (χ1v) is 11.0. The molecule has 0 aliphatic carbocycles. The zero-order valence-corrected chi connectivity index (χ0v) is 17.4. The van der Waals surface area contributed by atoms with E-state index in [1.807, 2.05) is 44.2 Å². The Hall–Kier alpha value is -2.38. The lowest BCUT2D eigenvalue weighted by Gasteiger charge is -2.16. The number of hydrogen-bond donors (Lipinski definition) is 2. The third kappa shape index (κ3) is 6.35. The van der Waals surface area contributed by atoms with Crippen LogP contribution in [0.2, 0.25) is 0 Å². The van der Waals surface area contributed by atoms with Crippen LogP contribution in [0.15, 0.2) is 53.4 Å². The van der Waals surface area contributed by atoms with Crippen molar-refractivity contribution in [1.29, 1.82) is 0 Å². The number of rotatable bonds is 10. The van der Waals surface area contributed by atoms with Crippen molar-refractivity contribution in [2.24, 2.45) is 0 Å². The number of amides is 1. The fraction of sp³-hybridized carbons (Fsp3) is 0.381. The summed E-state index contributed by atoms with van der Waals surface area (Å²) < 4.78 is 33.7. The minimum Gasteiger partial charge on any atom is -0.492 e. The molecule has 0 aliphatic rings. The van der Waals surface area contributed by atoms with E-state index in [1.54, 1.807) is 13.0 Å². The van der Waals surface area contributed by atoms with Gasteiger partial charge in [-0.15, -0.1) is 0 Å². The van der Waals surface area contributed by atoms with Crippen LogP contribution in [-0.2, 0) is 21.2 Å². The van der Waals surface area contributed by atoms with Crippen molar-refractivity contribution in [2.45, 2.75) is 51.0 Å². The van der Waals surface area contributed by atoms with E-state index in [0.29, 0.717) is 24.5 Å². The molecule has 2 N–H and O–H groups in total. The molecule has 0 aromatic heterocycles. The quantitative estimate of drug-likeness (QED) is 0.632. The summed E-state index contributed by atoms with van der Waals surface area (Å²) in [6.45, 7) is 5.81. The Morgan fingerprint density at radius 3 is 2.46 bits per heavy atom. The molecule has 152 valence electrons. The highest BCUT2D eigenvalue weighted by Crippen LogP contribution is 2.28. The third-order valence-electron chi connectivity index (χ3n) is 4.22. The number of carbonyl (C=O) groups is 1. The van der Waals surface area contributed by atoms with Gasteiger partial charge in [0.05, 0.1) is 17.2 Å². The second-order valence-corrected chi connectivity index (χ2v) is 8.25. The molecule has 0 saturated carbocycles. The van der Waals surface area contributed by atoms with Gasteiger partial charge in [-0.05, 0) is 50.5 Å². The number of hydrogen-bond acceptors (Lipinski definition) is 4. The zero-order valence-electron chi connectivity index (χ0n) is 16.6. The largest absolute Gasteiger partial charge is 0.492 e. The fourth-order valence-electron chi connectivity index (χ4n) is 2.71. The maximum absolute atomic E-state index is 12.8. The summed E-state index contributed by atoms with van der Waals surface area (Å²) in [7, 11) is -3.72. The van der Waals surface area contributed by atoms with Gasteiger partial charge in [0.2, 0.25) is 15.9 Å². The van der Waals surface area contributed by atoms with Crippen molar-refractivity contribution < 1.29 is 17.9 Å². The van der Waals surface area contributed by atoms with Gasteiger partial charge in [-0.25, -0.2) is 13.1 Å². The summed E-state index contributed by atoms with van der Waals surface area (Å²) in [6.07, 6.45) is 1.75. The van der Waals surface area contributed by atoms with Gasteiger partial charge in [0, 0.05) is 12.5 Å². The van der Waals surface area contributed by atoms with Crippen LogP contribution in [0.5, 0.6) is 5.75 Å². The molecule has 7 heteroatoms. The molecule has 0 fully saturated rings. The van der Waals surface area contributed by atoms with Gasteiger partial charge in [-0.1, -0.05) is 37.3 Å². The summed E-state index contributed by atoms with van der Waals surface area (Å²) in [5.41, 5.74) is 1.52. The van der Waals surface area contributed by atoms with Gasteiger partial charge in [-0.3, -0.25) is 4.79 Å². The highest BCUT2D eigenvalue weighted by atomic mass is 32.2. The monoisotopic (exact) mass is 404 g/mol. The maximum Gasteiger partial charge on any atom is 0.240 e. The van der Waals surface area contributed by atoms with E-state index in [1.165, 1.54) is 17.7 Å². The van der Waals surface area contributed by atoms with Crippen molar-refractivity contribution in [2.75, 3.05) is 11.9 Å². The van der Waals surface area contributed by atoms with E-state index >= 15 is 0 Å². The number of ether oxygens (including phenoxy) is 1. The highest BCUT2D eigenvalue weighted by molar-refractivity contribution is 7.89. The van der Waals surface area contributed by atoms with Crippen molar-refractivity contribution in [3.63, 3.8) is 0 Å². The predicted octanol–water partition coefficient (Wildman–Crippen LogP) is 3.73. The van der Waals surface area contributed by atoms with Gasteiger partial charge < -0.3 is 10.1 Å². The minimum absolute atomic E-state index is 0.0916. The smallest absolute Gasteiger partial charge is 0.240 e. The molecule has 0 spiro atoms. The normalized spacial score (nSPS) is 12.4. The van der Waals surface area contributed by atoms with E-state index in [-0.39, 0.29) is 23.3 Å². The van der Waals surface area contributed by atoms with E-state index in [4.69, 9.17) is 4.74 Å².